The Labute approximate surface area is 88.6 Å². The van der Waals surface area contributed by atoms with Crippen LogP contribution in [0, 0.1) is 0 Å². The fraction of sp³-hybridized carbons (Fsp3) is 1.00. The van der Waals surface area contributed by atoms with E-state index in [-0.39, 0.29) is 6.04 Å². The van der Waals surface area contributed by atoms with Crippen LogP contribution in [0.1, 0.15) is 19.3 Å². The van der Waals surface area contributed by atoms with Gasteiger partial charge in [-0.2, -0.15) is 0 Å². The third-order valence-electron chi connectivity index (χ3n) is 3.33. The van der Waals surface area contributed by atoms with Crippen LogP contribution in [-0.4, -0.2) is 49.2 Å². The molecule has 2 aliphatic heterocycles. The summed E-state index contributed by atoms with van der Waals surface area (Å²) in [6.07, 6.45) is 2.09. The molecule has 15 heavy (non-hydrogen) atoms. The number of nitrogens with two attached hydrogens (primary N) is 1. The molecule has 88 valence electrons. The van der Waals surface area contributed by atoms with Crippen molar-refractivity contribution in [1.29, 1.82) is 0 Å². The monoisotopic (exact) mass is 220 g/mol. The quantitative estimate of drug-likeness (QED) is 0.711. The highest BCUT2D eigenvalue weighted by Crippen LogP contribution is 2.31. The Morgan fingerprint density at radius 2 is 1.87 bits per heavy atom. The number of halogens is 2. The second kappa shape index (κ2) is 4.31. The molecule has 0 aromatic carbocycles. The molecule has 1 unspecified atom stereocenters. The molecule has 0 aromatic heterocycles. The predicted molar refractivity (Wildman–Crippen MR) is 53.0 cm³/mol. The van der Waals surface area contributed by atoms with Crippen LogP contribution < -0.4 is 5.73 Å². The molecule has 0 radical (unpaired) electrons. The number of alkyl halides is 2. The smallest absolute Gasteiger partial charge is 0.286 e. The molecular weight excluding hydrogens is 202 g/mol. The van der Waals surface area contributed by atoms with Crippen LogP contribution in [0.5, 0.6) is 0 Å². The summed E-state index contributed by atoms with van der Waals surface area (Å²) in [7, 11) is 0. The number of likely N-dealkylation sites (tertiary alicyclic amines) is 1. The van der Waals surface area contributed by atoms with Crippen molar-refractivity contribution in [1.82, 2.24) is 4.90 Å². The van der Waals surface area contributed by atoms with Crippen molar-refractivity contribution in [3.8, 4) is 0 Å². The van der Waals surface area contributed by atoms with E-state index in [1.165, 1.54) is 0 Å². The van der Waals surface area contributed by atoms with Crippen LogP contribution >= 0.6 is 0 Å². The standard InChI is InChI=1S/C10H18F2N2O/c11-10(12)7-15-6-3-9(10)14-4-1-8(13)2-5-14/h8-9H,1-7,13H2. The van der Waals surface area contributed by atoms with E-state index in [1.807, 2.05) is 4.90 Å². The van der Waals surface area contributed by atoms with E-state index in [2.05, 4.69) is 0 Å². The van der Waals surface area contributed by atoms with Gasteiger partial charge in [0.25, 0.3) is 5.92 Å². The Bertz CT molecular complexity index is 217. The molecule has 0 aliphatic carbocycles. The molecular formula is C10H18F2N2O. The van der Waals surface area contributed by atoms with E-state index >= 15 is 0 Å². The van der Waals surface area contributed by atoms with Gasteiger partial charge in [0.1, 0.15) is 6.61 Å². The highest BCUT2D eigenvalue weighted by Gasteiger charge is 2.46. The van der Waals surface area contributed by atoms with Gasteiger partial charge in [0, 0.05) is 25.7 Å². The normalized spacial score (nSPS) is 34.2. The molecule has 2 rings (SSSR count). The Morgan fingerprint density at radius 3 is 2.47 bits per heavy atom. The zero-order valence-electron chi connectivity index (χ0n) is 8.79. The molecule has 0 amide bonds. The molecule has 2 saturated heterocycles. The maximum Gasteiger partial charge on any atom is 0.286 e. The summed E-state index contributed by atoms with van der Waals surface area (Å²) in [6, 6.07) is -0.450. The second-order valence-corrected chi connectivity index (χ2v) is 4.49. The molecule has 2 heterocycles. The van der Waals surface area contributed by atoms with Crippen LogP contribution in [0.4, 0.5) is 8.78 Å². The molecule has 0 aromatic rings. The van der Waals surface area contributed by atoms with Gasteiger partial charge in [-0.3, -0.25) is 4.90 Å². The zero-order chi connectivity index (χ0) is 10.9. The molecule has 0 saturated carbocycles. The van der Waals surface area contributed by atoms with E-state index in [1.54, 1.807) is 0 Å². The zero-order valence-corrected chi connectivity index (χ0v) is 8.79. The van der Waals surface area contributed by atoms with E-state index in [0.717, 1.165) is 12.8 Å². The lowest BCUT2D eigenvalue weighted by Gasteiger charge is -2.42. The number of hydrogen-bond acceptors (Lipinski definition) is 3. The van der Waals surface area contributed by atoms with E-state index in [0.29, 0.717) is 26.1 Å². The minimum atomic E-state index is -2.69. The number of piperidine rings is 1. The first-order chi connectivity index (χ1) is 7.09. The third-order valence-corrected chi connectivity index (χ3v) is 3.33. The summed E-state index contributed by atoms with van der Waals surface area (Å²) >= 11 is 0. The van der Waals surface area contributed by atoms with Crippen molar-refractivity contribution in [2.75, 3.05) is 26.3 Å². The minimum Gasteiger partial charge on any atom is -0.375 e. The Hall–Kier alpha value is -0.260. The molecule has 2 fully saturated rings. The van der Waals surface area contributed by atoms with Gasteiger partial charge in [-0.05, 0) is 19.3 Å². The lowest BCUT2D eigenvalue weighted by atomic mass is 9.98. The summed E-state index contributed by atoms with van der Waals surface area (Å²) in [4.78, 5) is 1.88. The van der Waals surface area contributed by atoms with Crippen molar-refractivity contribution < 1.29 is 13.5 Å². The summed E-state index contributed by atoms with van der Waals surface area (Å²) in [5.41, 5.74) is 5.76. The summed E-state index contributed by atoms with van der Waals surface area (Å²) in [5, 5.41) is 0. The molecule has 0 bridgehead atoms. The van der Waals surface area contributed by atoms with E-state index in [9.17, 15) is 8.78 Å². The molecule has 3 nitrogen and oxygen atoms in total. The van der Waals surface area contributed by atoms with Gasteiger partial charge in [-0.25, -0.2) is 8.78 Å². The number of hydrogen-bond donors (Lipinski definition) is 1. The number of nitrogens with zero attached hydrogens (tertiary/aromatic N) is 1. The van der Waals surface area contributed by atoms with Gasteiger partial charge in [0.2, 0.25) is 0 Å². The molecule has 2 aliphatic rings. The van der Waals surface area contributed by atoms with Crippen LogP contribution in [0.2, 0.25) is 0 Å². The third kappa shape index (κ3) is 2.46. The van der Waals surface area contributed by atoms with Crippen molar-refractivity contribution in [2.45, 2.75) is 37.3 Å². The van der Waals surface area contributed by atoms with Gasteiger partial charge >= 0.3 is 0 Å². The van der Waals surface area contributed by atoms with Gasteiger partial charge in [-0.1, -0.05) is 0 Å². The van der Waals surface area contributed by atoms with Crippen molar-refractivity contribution in [2.24, 2.45) is 5.73 Å². The maximum atomic E-state index is 13.6. The Balaban J connectivity index is 1.96. The first-order valence-corrected chi connectivity index (χ1v) is 5.55. The molecule has 0 spiro atoms. The van der Waals surface area contributed by atoms with Gasteiger partial charge in [-0.15, -0.1) is 0 Å². The predicted octanol–water partition coefficient (Wildman–Crippen LogP) is 0.834. The largest absolute Gasteiger partial charge is 0.375 e. The average Bonchev–Trinajstić information content (AvgIpc) is 2.19. The summed E-state index contributed by atoms with van der Waals surface area (Å²) in [5.74, 6) is -2.69. The number of ether oxygens (including phenoxy) is 1. The van der Waals surface area contributed by atoms with Crippen molar-refractivity contribution in [3.05, 3.63) is 0 Å². The highest BCUT2D eigenvalue weighted by atomic mass is 19.3. The molecule has 5 heteroatoms. The van der Waals surface area contributed by atoms with E-state index in [4.69, 9.17) is 10.5 Å². The fourth-order valence-corrected chi connectivity index (χ4v) is 2.39. The minimum absolute atomic E-state index is 0.190. The lowest BCUT2D eigenvalue weighted by molar-refractivity contribution is -0.167. The van der Waals surface area contributed by atoms with Crippen LogP contribution in [-0.2, 0) is 4.74 Å². The van der Waals surface area contributed by atoms with E-state index < -0.39 is 18.6 Å². The van der Waals surface area contributed by atoms with Crippen LogP contribution in [0.25, 0.3) is 0 Å². The van der Waals surface area contributed by atoms with Crippen molar-refractivity contribution >= 4 is 0 Å². The van der Waals surface area contributed by atoms with Crippen molar-refractivity contribution in [3.63, 3.8) is 0 Å². The van der Waals surface area contributed by atoms with Gasteiger partial charge in [0.05, 0.1) is 6.04 Å². The average molecular weight is 220 g/mol. The number of rotatable bonds is 1. The fourth-order valence-electron chi connectivity index (χ4n) is 2.39. The van der Waals surface area contributed by atoms with Crippen LogP contribution in [0.15, 0.2) is 0 Å². The topological polar surface area (TPSA) is 38.5 Å². The first kappa shape index (κ1) is 11.2. The highest BCUT2D eigenvalue weighted by molar-refractivity contribution is 4.90. The SMILES string of the molecule is NC1CCN(C2CCOCC2(F)F)CC1. The second-order valence-electron chi connectivity index (χ2n) is 4.49. The van der Waals surface area contributed by atoms with Gasteiger partial charge < -0.3 is 10.5 Å². The lowest BCUT2D eigenvalue weighted by Crippen LogP contribution is -2.56. The maximum absolute atomic E-state index is 13.6. The van der Waals surface area contributed by atoms with Gasteiger partial charge in [0.15, 0.2) is 0 Å². The summed E-state index contributed by atoms with van der Waals surface area (Å²) < 4.78 is 31.9. The van der Waals surface area contributed by atoms with Crippen LogP contribution in [0.3, 0.4) is 0 Å². The Morgan fingerprint density at radius 1 is 1.20 bits per heavy atom. The molecule has 2 N–H and O–H groups in total. The summed E-state index contributed by atoms with van der Waals surface area (Å²) in [6.45, 7) is 1.41. The first-order valence-electron chi connectivity index (χ1n) is 5.55. The Kier molecular flexibility index (Phi) is 3.23. The molecule has 1 atom stereocenters.